The lowest BCUT2D eigenvalue weighted by Crippen LogP contribution is -2.41. The highest BCUT2D eigenvalue weighted by Gasteiger charge is 2.34. The second-order valence-electron chi connectivity index (χ2n) is 6.28. The van der Waals surface area contributed by atoms with E-state index >= 15 is 0 Å². The van der Waals surface area contributed by atoms with Gasteiger partial charge in [0, 0.05) is 16.8 Å². The van der Waals surface area contributed by atoms with Crippen molar-refractivity contribution in [3.8, 4) is 5.19 Å². The molecule has 1 amide bonds. The van der Waals surface area contributed by atoms with Crippen LogP contribution in [0.3, 0.4) is 0 Å². The Hall–Kier alpha value is -1.75. The molecule has 26 heavy (non-hydrogen) atoms. The summed E-state index contributed by atoms with van der Waals surface area (Å²) in [7, 11) is -3.84. The van der Waals surface area contributed by atoms with E-state index in [1.54, 1.807) is 0 Å². The van der Waals surface area contributed by atoms with Gasteiger partial charge in [-0.25, -0.2) is 27.3 Å². The molecular formula is C15H17ClFN3O4S2. The van der Waals surface area contributed by atoms with Crippen LogP contribution < -0.4 is 15.2 Å². The summed E-state index contributed by atoms with van der Waals surface area (Å²) in [4.78, 5) is 15.0. The summed E-state index contributed by atoms with van der Waals surface area (Å²) >= 11 is 6.64. The number of hydrogen-bond acceptors (Lipinski definition) is 6. The van der Waals surface area contributed by atoms with Crippen molar-refractivity contribution in [3.63, 3.8) is 0 Å². The van der Waals surface area contributed by atoms with E-state index in [4.69, 9.17) is 17.3 Å². The molecule has 2 aromatic rings. The van der Waals surface area contributed by atoms with Gasteiger partial charge in [-0.1, -0.05) is 29.0 Å². The molecule has 7 nitrogen and oxygen atoms in total. The lowest BCUT2D eigenvalue weighted by atomic mass is 10.1. The number of thiazole rings is 1. The number of nitrogens with two attached hydrogens (primary N) is 1. The second kappa shape index (κ2) is 7.47. The summed E-state index contributed by atoms with van der Waals surface area (Å²) < 4.78 is 45.6. The Balaban J connectivity index is 2.52. The van der Waals surface area contributed by atoms with Crippen molar-refractivity contribution in [1.29, 1.82) is 0 Å². The third kappa shape index (κ3) is 4.70. The third-order valence-corrected chi connectivity index (χ3v) is 6.66. The average Bonchev–Trinajstić information content (AvgIpc) is 2.91. The van der Waals surface area contributed by atoms with Crippen LogP contribution in [0.25, 0.3) is 0 Å². The minimum atomic E-state index is -3.84. The first-order chi connectivity index (χ1) is 11.9. The van der Waals surface area contributed by atoms with Crippen LogP contribution in [-0.4, -0.2) is 24.2 Å². The Labute approximate surface area is 159 Å². The van der Waals surface area contributed by atoms with Crippen LogP contribution in [0.5, 0.6) is 5.19 Å². The number of aromatic nitrogens is 1. The van der Waals surface area contributed by atoms with E-state index in [2.05, 4.69) is 14.4 Å². The Morgan fingerprint density at radius 1 is 1.42 bits per heavy atom. The van der Waals surface area contributed by atoms with E-state index in [0.717, 1.165) is 17.4 Å². The minimum absolute atomic E-state index is 0.0523. The van der Waals surface area contributed by atoms with Crippen molar-refractivity contribution in [3.05, 3.63) is 45.7 Å². The van der Waals surface area contributed by atoms with Crippen LogP contribution in [-0.2, 0) is 10.0 Å². The zero-order valence-electron chi connectivity index (χ0n) is 14.1. The highest BCUT2D eigenvalue weighted by Crippen LogP contribution is 2.34. The zero-order chi connectivity index (χ0) is 19.7. The zero-order valence-corrected chi connectivity index (χ0v) is 16.5. The molecular weight excluding hydrogens is 405 g/mol. The molecule has 0 aliphatic rings. The molecule has 0 radical (unpaired) electrons. The molecule has 1 heterocycles. The number of hydrogen-bond donors (Lipinski definition) is 2. The molecule has 1 unspecified atom stereocenters. The first kappa shape index (κ1) is 20.6. The highest BCUT2D eigenvalue weighted by atomic mass is 35.5. The van der Waals surface area contributed by atoms with Crippen molar-refractivity contribution in [1.82, 2.24) is 9.71 Å². The molecule has 1 aromatic heterocycles. The molecule has 0 aliphatic carbocycles. The van der Waals surface area contributed by atoms with Gasteiger partial charge in [0.25, 0.3) is 5.19 Å². The molecule has 0 aliphatic heterocycles. The predicted molar refractivity (Wildman–Crippen MR) is 97.4 cm³/mol. The predicted octanol–water partition coefficient (Wildman–Crippen LogP) is 3.20. The molecule has 1 atom stereocenters. The monoisotopic (exact) mass is 421 g/mol. The maximum Gasteiger partial charge on any atom is 0.411 e. The standard InChI is InChI=1S/C15H17ClFN3O4S2/c1-15(2,3)26(22,23)20-12(9-5-4-8(16)6-10(9)17)11-7-19-14(25-11)24-13(18)21/h4-7,12,20H,1-3H3,(H2,18,21). The molecule has 3 N–H and O–H groups in total. The number of carbonyl (C=O) groups is 1. The number of amides is 1. The third-order valence-electron chi connectivity index (χ3n) is 3.33. The van der Waals surface area contributed by atoms with Crippen LogP contribution in [0.4, 0.5) is 9.18 Å². The SMILES string of the molecule is CC(C)(C)S(=O)(=O)NC(c1cnc(OC(N)=O)s1)c1ccc(Cl)cc1F. The molecule has 0 saturated carbocycles. The minimum Gasteiger partial charge on any atom is -0.381 e. The van der Waals surface area contributed by atoms with Gasteiger partial charge in [0.05, 0.1) is 15.7 Å². The lowest BCUT2D eigenvalue weighted by molar-refractivity contribution is 0.210. The quantitative estimate of drug-likeness (QED) is 0.769. The number of halogens is 2. The topological polar surface area (TPSA) is 111 Å². The number of primary amides is 1. The van der Waals surface area contributed by atoms with Crippen molar-refractivity contribution in [2.24, 2.45) is 5.73 Å². The maximum atomic E-state index is 14.4. The van der Waals surface area contributed by atoms with Crippen LogP contribution in [0.2, 0.25) is 5.02 Å². The van der Waals surface area contributed by atoms with E-state index in [1.165, 1.54) is 39.1 Å². The first-order valence-electron chi connectivity index (χ1n) is 7.30. The fourth-order valence-corrected chi connectivity index (χ4v) is 3.87. The van der Waals surface area contributed by atoms with Gasteiger partial charge in [0.1, 0.15) is 5.82 Å². The summed E-state index contributed by atoms with van der Waals surface area (Å²) in [6.07, 6.45) is 0.225. The van der Waals surface area contributed by atoms with Crippen molar-refractivity contribution in [2.45, 2.75) is 31.6 Å². The number of nitrogens with zero attached hydrogens (tertiary/aromatic N) is 1. The lowest BCUT2D eigenvalue weighted by Gasteiger charge is -2.25. The Kier molecular flexibility index (Phi) is 5.91. The Bertz CT molecular complexity index is 925. The van der Waals surface area contributed by atoms with Crippen molar-refractivity contribution < 1.29 is 22.3 Å². The first-order valence-corrected chi connectivity index (χ1v) is 9.98. The van der Waals surface area contributed by atoms with Gasteiger partial charge in [0.2, 0.25) is 10.0 Å². The van der Waals surface area contributed by atoms with Gasteiger partial charge >= 0.3 is 6.09 Å². The van der Waals surface area contributed by atoms with Crippen LogP contribution in [0.1, 0.15) is 37.3 Å². The second-order valence-corrected chi connectivity index (χ2v) is 10.2. The summed E-state index contributed by atoms with van der Waals surface area (Å²) in [5.74, 6) is -0.690. The number of sulfonamides is 1. The number of benzene rings is 1. The molecule has 0 spiro atoms. The number of carbonyl (C=O) groups excluding carboxylic acids is 1. The van der Waals surface area contributed by atoms with Gasteiger partial charge in [-0.05, 0) is 32.9 Å². The van der Waals surface area contributed by atoms with Gasteiger partial charge in [0.15, 0.2) is 0 Å². The summed E-state index contributed by atoms with van der Waals surface area (Å²) in [6.45, 7) is 4.54. The number of nitrogens with one attached hydrogen (secondary N) is 1. The Morgan fingerprint density at radius 3 is 2.62 bits per heavy atom. The molecule has 1 aromatic carbocycles. The van der Waals surface area contributed by atoms with E-state index in [-0.39, 0.29) is 15.8 Å². The number of rotatable bonds is 5. The largest absolute Gasteiger partial charge is 0.411 e. The fourth-order valence-electron chi connectivity index (χ4n) is 1.88. The van der Waals surface area contributed by atoms with Crippen LogP contribution >= 0.6 is 22.9 Å². The van der Waals surface area contributed by atoms with Crippen LogP contribution in [0.15, 0.2) is 24.4 Å². The maximum absolute atomic E-state index is 14.4. The van der Waals surface area contributed by atoms with E-state index in [1.807, 2.05) is 0 Å². The molecule has 142 valence electrons. The number of ether oxygens (including phenoxy) is 1. The van der Waals surface area contributed by atoms with E-state index in [9.17, 15) is 17.6 Å². The van der Waals surface area contributed by atoms with E-state index < -0.39 is 32.7 Å². The van der Waals surface area contributed by atoms with Crippen molar-refractivity contribution >= 4 is 39.1 Å². The summed E-state index contributed by atoms with van der Waals surface area (Å²) in [6, 6.07) is 2.82. The van der Waals surface area contributed by atoms with Gasteiger partial charge in [-0.15, -0.1) is 0 Å². The summed E-state index contributed by atoms with van der Waals surface area (Å²) in [5.41, 5.74) is 4.99. The normalized spacial score (nSPS) is 13.4. The molecule has 0 fully saturated rings. The summed E-state index contributed by atoms with van der Waals surface area (Å²) in [5, 5.41) is 0.0903. The highest BCUT2D eigenvalue weighted by molar-refractivity contribution is 7.90. The smallest absolute Gasteiger partial charge is 0.381 e. The fraction of sp³-hybridized carbons (Fsp3) is 0.333. The molecule has 11 heteroatoms. The van der Waals surface area contributed by atoms with Crippen LogP contribution in [0, 0.1) is 5.82 Å². The molecule has 2 rings (SSSR count). The average molecular weight is 422 g/mol. The molecule has 0 saturated heterocycles. The van der Waals surface area contributed by atoms with Gasteiger partial charge in [-0.2, -0.15) is 0 Å². The Morgan fingerprint density at radius 2 is 2.08 bits per heavy atom. The van der Waals surface area contributed by atoms with Gasteiger partial charge < -0.3 is 10.5 Å². The van der Waals surface area contributed by atoms with Gasteiger partial charge in [-0.3, -0.25) is 0 Å². The van der Waals surface area contributed by atoms with E-state index in [0.29, 0.717) is 4.88 Å². The molecule has 0 bridgehead atoms. The van der Waals surface area contributed by atoms with Crippen molar-refractivity contribution in [2.75, 3.05) is 0 Å².